The second-order valence-electron chi connectivity index (χ2n) is 6.48. The molecule has 2 aromatic carbocycles. The highest BCUT2D eigenvalue weighted by atomic mass is 35.5. The van der Waals surface area contributed by atoms with Gasteiger partial charge in [-0.25, -0.2) is 9.59 Å². The molecule has 0 aromatic heterocycles. The van der Waals surface area contributed by atoms with E-state index in [2.05, 4.69) is 20.8 Å². The van der Waals surface area contributed by atoms with Crippen molar-refractivity contribution in [1.29, 1.82) is 0 Å². The highest BCUT2D eigenvalue weighted by Crippen LogP contribution is 2.25. The first-order chi connectivity index (χ1) is 11.7. The molecule has 25 heavy (non-hydrogen) atoms. The van der Waals surface area contributed by atoms with Crippen molar-refractivity contribution in [3.8, 4) is 11.5 Å². The van der Waals surface area contributed by atoms with Crippen LogP contribution < -0.4 is 9.47 Å². The maximum atomic E-state index is 11.9. The van der Waals surface area contributed by atoms with Crippen molar-refractivity contribution < 1.29 is 24.2 Å². The van der Waals surface area contributed by atoms with E-state index in [1.165, 1.54) is 18.2 Å². The van der Waals surface area contributed by atoms with Gasteiger partial charge in [0, 0.05) is 5.02 Å². The molecule has 0 radical (unpaired) electrons. The molecule has 0 fully saturated rings. The summed E-state index contributed by atoms with van der Waals surface area (Å²) in [6.07, 6.45) is 0. The molecule has 0 aliphatic rings. The second kappa shape index (κ2) is 7.57. The Bertz CT molecular complexity index is 775. The predicted molar refractivity (Wildman–Crippen MR) is 94.7 cm³/mol. The fraction of sp³-hybridized carbons (Fsp3) is 0.263. The van der Waals surface area contributed by atoms with Gasteiger partial charge >= 0.3 is 11.9 Å². The van der Waals surface area contributed by atoms with Crippen molar-refractivity contribution in [2.75, 3.05) is 6.61 Å². The predicted octanol–water partition coefficient (Wildman–Crippen LogP) is 4.32. The monoisotopic (exact) mass is 362 g/mol. The summed E-state index contributed by atoms with van der Waals surface area (Å²) in [6, 6.07) is 11.4. The number of benzene rings is 2. The molecule has 0 saturated carbocycles. The molecule has 0 spiro atoms. The molecule has 0 unspecified atom stereocenters. The van der Waals surface area contributed by atoms with Gasteiger partial charge in [-0.1, -0.05) is 44.5 Å². The lowest BCUT2D eigenvalue weighted by Gasteiger charge is -2.19. The van der Waals surface area contributed by atoms with Gasteiger partial charge in [-0.15, -0.1) is 0 Å². The van der Waals surface area contributed by atoms with E-state index in [1.54, 1.807) is 12.1 Å². The normalized spacial score (nSPS) is 11.0. The zero-order valence-corrected chi connectivity index (χ0v) is 15.0. The van der Waals surface area contributed by atoms with E-state index in [0.29, 0.717) is 5.75 Å². The van der Waals surface area contributed by atoms with Gasteiger partial charge in [0.05, 0.1) is 0 Å². The smallest absolute Gasteiger partial charge is 0.349 e. The van der Waals surface area contributed by atoms with Crippen LogP contribution in [0.3, 0.4) is 0 Å². The average Bonchev–Trinajstić information content (AvgIpc) is 2.54. The summed E-state index contributed by atoms with van der Waals surface area (Å²) >= 11 is 5.75. The van der Waals surface area contributed by atoms with Crippen molar-refractivity contribution in [3.05, 3.63) is 58.6 Å². The number of aromatic carboxylic acids is 1. The molecule has 5 nitrogen and oxygen atoms in total. The molecule has 6 heteroatoms. The Hall–Kier alpha value is -2.53. The van der Waals surface area contributed by atoms with Crippen LogP contribution in [-0.4, -0.2) is 23.7 Å². The van der Waals surface area contributed by atoms with Crippen LogP contribution >= 0.6 is 11.6 Å². The van der Waals surface area contributed by atoms with Gasteiger partial charge in [0.1, 0.15) is 17.1 Å². The van der Waals surface area contributed by atoms with Crippen molar-refractivity contribution in [1.82, 2.24) is 0 Å². The first-order valence-corrected chi connectivity index (χ1v) is 8.01. The fourth-order valence-electron chi connectivity index (χ4n) is 2.10. The van der Waals surface area contributed by atoms with E-state index in [1.807, 2.05) is 12.1 Å². The van der Waals surface area contributed by atoms with E-state index < -0.39 is 11.9 Å². The zero-order chi connectivity index (χ0) is 18.6. The topological polar surface area (TPSA) is 72.8 Å². The fourth-order valence-corrected chi connectivity index (χ4v) is 2.28. The molecule has 2 aromatic rings. The van der Waals surface area contributed by atoms with Crippen LogP contribution in [-0.2, 0) is 10.2 Å². The lowest BCUT2D eigenvalue weighted by Crippen LogP contribution is -2.19. The average molecular weight is 363 g/mol. The molecule has 0 bridgehead atoms. The highest BCUT2D eigenvalue weighted by molar-refractivity contribution is 6.31. The molecule has 0 amide bonds. The van der Waals surface area contributed by atoms with Crippen molar-refractivity contribution >= 4 is 23.5 Å². The van der Waals surface area contributed by atoms with E-state index >= 15 is 0 Å². The number of carboxylic acids is 1. The summed E-state index contributed by atoms with van der Waals surface area (Å²) in [6.45, 7) is 5.97. The lowest BCUT2D eigenvalue weighted by molar-refractivity contribution is -0.136. The summed E-state index contributed by atoms with van der Waals surface area (Å²) in [5.41, 5.74) is 0.990. The minimum absolute atomic E-state index is 0.0271. The Kier molecular flexibility index (Phi) is 5.69. The van der Waals surface area contributed by atoms with E-state index in [9.17, 15) is 9.59 Å². The maximum absolute atomic E-state index is 11.9. The van der Waals surface area contributed by atoms with E-state index in [-0.39, 0.29) is 28.4 Å². The first-order valence-electron chi connectivity index (χ1n) is 7.63. The molecular weight excluding hydrogens is 344 g/mol. The lowest BCUT2D eigenvalue weighted by atomic mass is 9.87. The molecule has 1 N–H and O–H groups in total. The number of carbonyl (C=O) groups is 2. The SMILES string of the molecule is CC(C)(C)c1ccc(OCC(=O)Oc2ccc(Cl)cc2C(=O)O)cc1. The Labute approximate surface area is 151 Å². The molecule has 0 aliphatic carbocycles. The zero-order valence-electron chi connectivity index (χ0n) is 14.2. The Morgan fingerprint density at radius 1 is 1.08 bits per heavy atom. The minimum Gasteiger partial charge on any atom is -0.482 e. The number of hydrogen-bond donors (Lipinski definition) is 1. The third-order valence-electron chi connectivity index (χ3n) is 3.47. The summed E-state index contributed by atoms with van der Waals surface area (Å²) in [5, 5.41) is 9.36. The number of hydrogen-bond acceptors (Lipinski definition) is 4. The Balaban J connectivity index is 1.99. The minimum atomic E-state index is -1.23. The number of halogens is 1. The molecule has 0 atom stereocenters. The van der Waals surface area contributed by atoms with Gasteiger partial charge in [0.15, 0.2) is 6.61 Å². The number of esters is 1. The summed E-state index contributed by atoms with van der Waals surface area (Å²) in [4.78, 5) is 23.1. The second-order valence-corrected chi connectivity index (χ2v) is 6.92. The van der Waals surface area contributed by atoms with Crippen molar-refractivity contribution in [2.24, 2.45) is 0 Å². The van der Waals surface area contributed by atoms with Crippen LogP contribution in [0.15, 0.2) is 42.5 Å². The van der Waals surface area contributed by atoms with Gasteiger partial charge in [0.2, 0.25) is 0 Å². The van der Waals surface area contributed by atoms with Crippen LogP contribution in [0, 0.1) is 0 Å². The summed E-state index contributed by atoms with van der Waals surface area (Å²) in [7, 11) is 0. The van der Waals surface area contributed by atoms with Gasteiger partial charge in [-0.05, 0) is 41.3 Å². The van der Waals surface area contributed by atoms with Crippen LogP contribution in [0.25, 0.3) is 0 Å². The van der Waals surface area contributed by atoms with Gasteiger partial charge in [0.25, 0.3) is 0 Å². The molecule has 132 valence electrons. The summed E-state index contributed by atoms with van der Waals surface area (Å²) in [5.74, 6) is -1.48. The third-order valence-corrected chi connectivity index (χ3v) is 3.71. The van der Waals surface area contributed by atoms with Crippen LogP contribution in [0.4, 0.5) is 0 Å². The van der Waals surface area contributed by atoms with Crippen LogP contribution in [0.2, 0.25) is 5.02 Å². The van der Waals surface area contributed by atoms with Gasteiger partial charge in [-0.2, -0.15) is 0 Å². The molecule has 2 rings (SSSR count). The van der Waals surface area contributed by atoms with E-state index in [0.717, 1.165) is 5.56 Å². The van der Waals surface area contributed by atoms with Crippen molar-refractivity contribution in [2.45, 2.75) is 26.2 Å². The summed E-state index contributed by atoms with van der Waals surface area (Å²) < 4.78 is 10.4. The Morgan fingerprint density at radius 3 is 2.28 bits per heavy atom. The van der Waals surface area contributed by atoms with Crippen LogP contribution in [0.5, 0.6) is 11.5 Å². The largest absolute Gasteiger partial charge is 0.482 e. The molecule has 0 aliphatic heterocycles. The Morgan fingerprint density at radius 2 is 1.72 bits per heavy atom. The van der Waals surface area contributed by atoms with Crippen LogP contribution in [0.1, 0.15) is 36.7 Å². The number of ether oxygens (including phenoxy) is 2. The standard InChI is InChI=1S/C19H19ClO5/c1-19(2,3)12-4-7-14(8-5-12)24-11-17(21)25-16-9-6-13(20)10-15(16)18(22)23/h4-10H,11H2,1-3H3,(H,22,23). The van der Waals surface area contributed by atoms with E-state index in [4.69, 9.17) is 26.2 Å². The van der Waals surface area contributed by atoms with Gasteiger partial charge in [-0.3, -0.25) is 0 Å². The number of rotatable bonds is 5. The quantitative estimate of drug-likeness (QED) is 0.633. The van der Waals surface area contributed by atoms with Crippen molar-refractivity contribution in [3.63, 3.8) is 0 Å². The van der Waals surface area contributed by atoms with Gasteiger partial charge < -0.3 is 14.6 Å². The first kappa shape index (κ1) is 18.8. The molecule has 0 heterocycles. The molecule has 0 saturated heterocycles. The maximum Gasteiger partial charge on any atom is 0.349 e. The third kappa shape index (κ3) is 5.22. The number of carboxylic acid groups (broad SMARTS) is 1. The number of carbonyl (C=O) groups excluding carboxylic acids is 1. The molecular formula is C19H19ClO5. The highest BCUT2D eigenvalue weighted by Gasteiger charge is 2.16.